The highest BCUT2D eigenvalue weighted by Gasteiger charge is 2.33. The Bertz CT molecular complexity index is 1110. The third-order valence-corrected chi connectivity index (χ3v) is 6.57. The van der Waals surface area contributed by atoms with Crippen LogP contribution in [0.25, 0.3) is 0 Å². The summed E-state index contributed by atoms with van der Waals surface area (Å²) in [6.07, 6.45) is 1.45. The molecular weight excluding hydrogens is 489 g/mol. The zero-order chi connectivity index (χ0) is 27.7. The van der Waals surface area contributed by atoms with Crippen molar-refractivity contribution < 1.29 is 23.6 Å². The van der Waals surface area contributed by atoms with Crippen molar-refractivity contribution in [2.45, 2.75) is 45.2 Å². The standard InChI is InChI=1S/C28H36FN5O4/c1-3-13-33-14-15-34(28(38)27(33)37)18-25(35)32-24(17-20-7-5-4-6-8-20)23(30)16-19(2)26(36)31-22-11-9-21(29)10-12-22/h4-12,19,23-24H,3,13-18,30H2,1-2H3,(H,31,36)(H,32,35)/t19-,23+,24+/m1/s1. The summed E-state index contributed by atoms with van der Waals surface area (Å²) in [7, 11) is 0. The normalized spacial score (nSPS) is 16.1. The number of benzene rings is 2. The first-order valence-electron chi connectivity index (χ1n) is 12.9. The average Bonchev–Trinajstić information content (AvgIpc) is 2.90. The number of rotatable bonds is 12. The summed E-state index contributed by atoms with van der Waals surface area (Å²) in [5, 5.41) is 5.68. The van der Waals surface area contributed by atoms with Crippen LogP contribution >= 0.6 is 0 Å². The number of amides is 4. The minimum absolute atomic E-state index is 0.247. The van der Waals surface area contributed by atoms with Crippen LogP contribution in [0.3, 0.4) is 0 Å². The summed E-state index contributed by atoms with van der Waals surface area (Å²) >= 11 is 0. The summed E-state index contributed by atoms with van der Waals surface area (Å²) < 4.78 is 13.2. The van der Waals surface area contributed by atoms with Gasteiger partial charge in [0.2, 0.25) is 11.8 Å². The number of anilines is 1. The minimum atomic E-state index is -0.685. The number of carbonyl (C=O) groups is 4. The first-order chi connectivity index (χ1) is 18.2. The first kappa shape index (κ1) is 28.8. The monoisotopic (exact) mass is 525 g/mol. The quantitative estimate of drug-likeness (QED) is 0.365. The van der Waals surface area contributed by atoms with Crippen molar-refractivity contribution >= 4 is 29.3 Å². The van der Waals surface area contributed by atoms with Gasteiger partial charge in [0.25, 0.3) is 0 Å². The van der Waals surface area contributed by atoms with Gasteiger partial charge in [-0.15, -0.1) is 0 Å². The van der Waals surface area contributed by atoms with Gasteiger partial charge in [-0.3, -0.25) is 19.2 Å². The molecule has 0 aliphatic carbocycles. The maximum absolute atomic E-state index is 13.2. The van der Waals surface area contributed by atoms with Gasteiger partial charge in [-0.25, -0.2) is 4.39 Å². The van der Waals surface area contributed by atoms with Crippen LogP contribution in [-0.2, 0) is 25.6 Å². The average molecular weight is 526 g/mol. The van der Waals surface area contributed by atoms with Crippen LogP contribution in [0.4, 0.5) is 10.1 Å². The molecule has 0 radical (unpaired) electrons. The zero-order valence-electron chi connectivity index (χ0n) is 21.9. The highest BCUT2D eigenvalue weighted by molar-refractivity contribution is 6.35. The van der Waals surface area contributed by atoms with Crippen LogP contribution in [0.15, 0.2) is 54.6 Å². The van der Waals surface area contributed by atoms with Crippen molar-refractivity contribution in [1.82, 2.24) is 15.1 Å². The molecule has 1 aliphatic heterocycles. The number of halogens is 1. The number of nitrogens with two attached hydrogens (primary N) is 1. The van der Waals surface area contributed by atoms with Gasteiger partial charge >= 0.3 is 11.8 Å². The van der Waals surface area contributed by atoms with Crippen molar-refractivity contribution in [3.8, 4) is 0 Å². The summed E-state index contributed by atoms with van der Waals surface area (Å²) in [4.78, 5) is 53.3. The van der Waals surface area contributed by atoms with Gasteiger partial charge in [-0.05, 0) is 49.1 Å². The van der Waals surface area contributed by atoms with Crippen LogP contribution in [0.2, 0.25) is 0 Å². The van der Waals surface area contributed by atoms with E-state index in [1.54, 1.807) is 6.92 Å². The second-order valence-corrected chi connectivity index (χ2v) is 9.68. The lowest BCUT2D eigenvalue weighted by Crippen LogP contribution is -2.58. The molecule has 4 amide bonds. The van der Waals surface area contributed by atoms with E-state index in [4.69, 9.17) is 5.73 Å². The van der Waals surface area contributed by atoms with E-state index in [0.29, 0.717) is 25.2 Å². The number of hydrogen-bond donors (Lipinski definition) is 3. The highest BCUT2D eigenvalue weighted by Crippen LogP contribution is 2.16. The van der Waals surface area contributed by atoms with Crippen LogP contribution in [-0.4, -0.2) is 71.7 Å². The lowest BCUT2D eigenvalue weighted by atomic mass is 9.92. The predicted molar refractivity (Wildman–Crippen MR) is 142 cm³/mol. The van der Waals surface area contributed by atoms with E-state index in [1.165, 1.54) is 34.1 Å². The topological polar surface area (TPSA) is 125 Å². The molecule has 0 spiro atoms. The molecule has 204 valence electrons. The van der Waals surface area contributed by atoms with E-state index in [9.17, 15) is 23.6 Å². The van der Waals surface area contributed by atoms with Gasteiger partial charge in [-0.1, -0.05) is 44.2 Å². The Morgan fingerprint density at radius 3 is 2.29 bits per heavy atom. The van der Waals surface area contributed by atoms with E-state index < -0.39 is 41.5 Å². The number of nitrogens with zero attached hydrogens (tertiary/aromatic N) is 2. The van der Waals surface area contributed by atoms with Gasteiger partial charge < -0.3 is 26.2 Å². The molecule has 1 fully saturated rings. The Balaban J connectivity index is 1.63. The Kier molecular flexibility index (Phi) is 10.3. The molecule has 1 heterocycles. The fourth-order valence-corrected chi connectivity index (χ4v) is 4.43. The zero-order valence-corrected chi connectivity index (χ0v) is 21.9. The number of hydrogen-bond acceptors (Lipinski definition) is 5. The third-order valence-electron chi connectivity index (χ3n) is 6.57. The van der Waals surface area contributed by atoms with Gasteiger partial charge in [0, 0.05) is 43.3 Å². The molecule has 9 nitrogen and oxygen atoms in total. The fourth-order valence-electron chi connectivity index (χ4n) is 4.43. The molecular formula is C28H36FN5O4. The van der Waals surface area contributed by atoms with Gasteiger partial charge in [0.1, 0.15) is 12.4 Å². The van der Waals surface area contributed by atoms with E-state index in [0.717, 1.165) is 12.0 Å². The molecule has 10 heteroatoms. The minimum Gasteiger partial charge on any atom is -0.350 e. The van der Waals surface area contributed by atoms with Crippen molar-refractivity contribution in [3.63, 3.8) is 0 Å². The van der Waals surface area contributed by atoms with Gasteiger partial charge in [0.05, 0.1) is 0 Å². The smallest absolute Gasteiger partial charge is 0.312 e. The Morgan fingerprint density at radius 2 is 1.63 bits per heavy atom. The molecule has 2 aromatic rings. The lowest BCUT2D eigenvalue weighted by Gasteiger charge is -2.34. The van der Waals surface area contributed by atoms with Crippen LogP contribution in [0.1, 0.15) is 32.3 Å². The third kappa shape index (κ3) is 8.11. The second-order valence-electron chi connectivity index (χ2n) is 9.68. The van der Waals surface area contributed by atoms with Crippen molar-refractivity contribution in [2.24, 2.45) is 11.7 Å². The summed E-state index contributed by atoms with van der Waals surface area (Å²) in [6.45, 7) is 4.60. The molecule has 0 unspecified atom stereocenters. The molecule has 2 aromatic carbocycles. The van der Waals surface area contributed by atoms with E-state index in [-0.39, 0.29) is 25.4 Å². The lowest BCUT2D eigenvalue weighted by molar-refractivity contribution is -0.156. The predicted octanol–water partition coefficient (Wildman–Crippen LogP) is 1.93. The molecule has 3 atom stereocenters. The summed E-state index contributed by atoms with van der Waals surface area (Å²) in [6, 6.07) is 13.9. The molecule has 38 heavy (non-hydrogen) atoms. The maximum atomic E-state index is 13.2. The molecule has 0 saturated carbocycles. The van der Waals surface area contributed by atoms with Crippen LogP contribution in [0, 0.1) is 11.7 Å². The SMILES string of the molecule is CCCN1CCN(CC(=O)N[C@@H](Cc2ccccc2)[C@@H](N)C[C@@H](C)C(=O)Nc2ccc(F)cc2)C(=O)C1=O. The molecule has 4 N–H and O–H groups in total. The molecule has 1 aliphatic rings. The van der Waals surface area contributed by atoms with Crippen LogP contribution < -0.4 is 16.4 Å². The van der Waals surface area contributed by atoms with Crippen molar-refractivity contribution in [3.05, 3.63) is 66.0 Å². The molecule has 1 saturated heterocycles. The second kappa shape index (κ2) is 13.7. The first-order valence-corrected chi connectivity index (χ1v) is 12.9. The Morgan fingerprint density at radius 1 is 1.00 bits per heavy atom. The highest BCUT2D eigenvalue weighted by atomic mass is 19.1. The fraction of sp³-hybridized carbons (Fsp3) is 0.429. The van der Waals surface area contributed by atoms with E-state index >= 15 is 0 Å². The molecule has 0 aromatic heterocycles. The summed E-state index contributed by atoms with van der Waals surface area (Å²) in [5.74, 6) is -2.86. The van der Waals surface area contributed by atoms with E-state index in [1.807, 2.05) is 37.3 Å². The Labute approximate surface area is 222 Å². The Hall–Kier alpha value is -3.79. The molecule has 0 bridgehead atoms. The number of carbonyl (C=O) groups excluding carboxylic acids is 4. The number of nitrogens with one attached hydrogen (secondary N) is 2. The van der Waals surface area contributed by atoms with E-state index in [2.05, 4.69) is 10.6 Å². The number of piperazine rings is 1. The van der Waals surface area contributed by atoms with Gasteiger partial charge in [0.15, 0.2) is 0 Å². The summed E-state index contributed by atoms with van der Waals surface area (Å²) in [5.41, 5.74) is 7.95. The molecule has 3 rings (SSSR count). The largest absolute Gasteiger partial charge is 0.350 e. The van der Waals surface area contributed by atoms with Gasteiger partial charge in [-0.2, -0.15) is 0 Å². The van der Waals surface area contributed by atoms with Crippen LogP contribution in [0.5, 0.6) is 0 Å². The van der Waals surface area contributed by atoms with Crippen molar-refractivity contribution in [1.29, 1.82) is 0 Å². The van der Waals surface area contributed by atoms with Crippen molar-refractivity contribution in [2.75, 3.05) is 31.5 Å². The maximum Gasteiger partial charge on any atom is 0.312 e.